The highest BCUT2D eigenvalue weighted by Crippen LogP contribution is 2.29. The van der Waals surface area contributed by atoms with Crippen molar-refractivity contribution >= 4 is 41.7 Å². The maximum absolute atomic E-state index is 5.69. The fraction of sp³-hybridized carbons (Fsp3) is 0.938. The van der Waals surface area contributed by atoms with Crippen molar-refractivity contribution in [1.82, 2.24) is 10.2 Å². The third-order valence-corrected chi connectivity index (χ3v) is 5.31. The number of nitrogens with one attached hydrogen (secondary N) is 1. The van der Waals surface area contributed by atoms with E-state index in [1.54, 1.807) is 0 Å². The molecule has 1 atom stereocenters. The van der Waals surface area contributed by atoms with Crippen molar-refractivity contribution < 1.29 is 9.47 Å². The summed E-state index contributed by atoms with van der Waals surface area (Å²) >= 11 is 2.04. The summed E-state index contributed by atoms with van der Waals surface area (Å²) in [5.74, 6) is 2.19. The third kappa shape index (κ3) is 7.79. The lowest BCUT2D eigenvalue weighted by Gasteiger charge is -2.39. The van der Waals surface area contributed by atoms with Gasteiger partial charge in [0.1, 0.15) is 0 Å². The van der Waals surface area contributed by atoms with Crippen LogP contribution in [-0.2, 0) is 9.47 Å². The van der Waals surface area contributed by atoms with Gasteiger partial charge in [0, 0.05) is 50.4 Å². The standard InChI is InChI=1S/C16H31N3O2S.HI/c1-16(2)13-19(8-11-22-16)15(17-3)18-7-5-9-20-12-14-6-4-10-21-14;/h14H,4-13H2,1-3H3,(H,17,18);1H. The van der Waals surface area contributed by atoms with Gasteiger partial charge in [0.15, 0.2) is 5.96 Å². The molecule has 7 heteroatoms. The van der Waals surface area contributed by atoms with Gasteiger partial charge >= 0.3 is 0 Å². The van der Waals surface area contributed by atoms with Crippen LogP contribution < -0.4 is 5.32 Å². The number of aliphatic imine (C=N–C) groups is 1. The first kappa shape index (κ1) is 21.3. The Labute approximate surface area is 162 Å². The van der Waals surface area contributed by atoms with Gasteiger partial charge in [-0.15, -0.1) is 24.0 Å². The van der Waals surface area contributed by atoms with Crippen molar-refractivity contribution in [3.05, 3.63) is 0 Å². The molecule has 2 aliphatic rings. The largest absolute Gasteiger partial charge is 0.379 e. The number of nitrogens with zero attached hydrogens (tertiary/aromatic N) is 2. The molecular formula is C16H32IN3O2S. The molecule has 0 saturated carbocycles. The van der Waals surface area contributed by atoms with E-state index in [9.17, 15) is 0 Å². The number of guanidine groups is 1. The molecule has 1 N–H and O–H groups in total. The second-order valence-electron chi connectivity index (χ2n) is 6.57. The summed E-state index contributed by atoms with van der Waals surface area (Å²) < 4.78 is 11.5. The molecule has 0 bridgehead atoms. The Hall–Kier alpha value is 0.270. The summed E-state index contributed by atoms with van der Waals surface area (Å²) in [6.07, 6.45) is 3.65. The molecule has 1 unspecified atom stereocenters. The fourth-order valence-electron chi connectivity index (χ4n) is 2.89. The van der Waals surface area contributed by atoms with Crippen LogP contribution in [0, 0.1) is 0 Å². The topological polar surface area (TPSA) is 46.1 Å². The van der Waals surface area contributed by atoms with Crippen LogP contribution in [-0.4, -0.2) is 74.0 Å². The maximum Gasteiger partial charge on any atom is 0.193 e. The Balaban J connectivity index is 0.00000264. The summed E-state index contributed by atoms with van der Waals surface area (Å²) in [5.41, 5.74) is 0. The highest BCUT2D eigenvalue weighted by molar-refractivity contribution is 14.0. The highest BCUT2D eigenvalue weighted by atomic mass is 127. The van der Waals surface area contributed by atoms with Crippen molar-refractivity contribution in [2.45, 2.75) is 44.0 Å². The lowest BCUT2D eigenvalue weighted by atomic mass is 10.2. The van der Waals surface area contributed by atoms with Crippen LogP contribution in [0.2, 0.25) is 0 Å². The fourth-order valence-corrected chi connectivity index (χ4v) is 4.01. The minimum absolute atomic E-state index is 0. The monoisotopic (exact) mass is 457 g/mol. The normalized spacial score (nSPS) is 24.4. The van der Waals surface area contributed by atoms with E-state index in [1.807, 2.05) is 18.8 Å². The van der Waals surface area contributed by atoms with Crippen molar-refractivity contribution in [2.24, 2.45) is 4.99 Å². The zero-order valence-electron chi connectivity index (χ0n) is 14.7. The van der Waals surface area contributed by atoms with Gasteiger partial charge in [0.2, 0.25) is 0 Å². The number of halogens is 1. The molecule has 2 saturated heterocycles. The molecule has 0 aliphatic carbocycles. The predicted octanol–water partition coefficient (Wildman–Crippen LogP) is 2.59. The van der Waals surface area contributed by atoms with Gasteiger partial charge in [-0.2, -0.15) is 11.8 Å². The summed E-state index contributed by atoms with van der Waals surface area (Å²) in [7, 11) is 1.87. The Bertz CT molecular complexity index is 363. The van der Waals surface area contributed by atoms with Crippen molar-refractivity contribution in [1.29, 1.82) is 0 Å². The molecule has 0 aromatic carbocycles. The van der Waals surface area contributed by atoms with E-state index < -0.39 is 0 Å². The Morgan fingerprint density at radius 1 is 1.48 bits per heavy atom. The van der Waals surface area contributed by atoms with E-state index in [2.05, 4.69) is 29.1 Å². The van der Waals surface area contributed by atoms with E-state index in [-0.39, 0.29) is 24.0 Å². The quantitative estimate of drug-likeness (QED) is 0.288. The van der Waals surface area contributed by atoms with Gasteiger partial charge in [0.25, 0.3) is 0 Å². The first-order chi connectivity index (χ1) is 10.6. The Kier molecular flexibility index (Phi) is 10.2. The molecule has 2 rings (SSSR count). The molecule has 136 valence electrons. The molecule has 2 heterocycles. The molecule has 0 aromatic heterocycles. The molecule has 2 fully saturated rings. The minimum Gasteiger partial charge on any atom is -0.379 e. The van der Waals surface area contributed by atoms with Crippen molar-refractivity contribution in [2.75, 3.05) is 52.3 Å². The summed E-state index contributed by atoms with van der Waals surface area (Å²) in [5, 5.41) is 3.46. The van der Waals surface area contributed by atoms with Crippen LogP contribution in [0.1, 0.15) is 33.1 Å². The van der Waals surface area contributed by atoms with Crippen LogP contribution in [0.25, 0.3) is 0 Å². The van der Waals surface area contributed by atoms with E-state index >= 15 is 0 Å². The van der Waals surface area contributed by atoms with Gasteiger partial charge in [-0.25, -0.2) is 0 Å². The molecule has 23 heavy (non-hydrogen) atoms. The van der Waals surface area contributed by atoms with Crippen LogP contribution in [0.15, 0.2) is 4.99 Å². The number of rotatable bonds is 6. The van der Waals surface area contributed by atoms with E-state index in [4.69, 9.17) is 9.47 Å². The highest BCUT2D eigenvalue weighted by Gasteiger charge is 2.28. The smallest absolute Gasteiger partial charge is 0.193 e. The lowest BCUT2D eigenvalue weighted by Crippen LogP contribution is -2.51. The minimum atomic E-state index is 0. The van der Waals surface area contributed by atoms with Gasteiger partial charge in [-0.05, 0) is 33.1 Å². The van der Waals surface area contributed by atoms with Crippen molar-refractivity contribution in [3.8, 4) is 0 Å². The first-order valence-corrected chi connectivity index (χ1v) is 9.38. The van der Waals surface area contributed by atoms with Crippen LogP contribution in [0.5, 0.6) is 0 Å². The second-order valence-corrected chi connectivity index (χ2v) is 8.37. The Morgan fingerprint density at radius 2 is 2.30 bits per heavy atom. The summed E-state index contributed by atoms with van der Waals surface area (Å²) in [6, 6.07) is 0. The maximum atomic E-state index is 5.69. The Morgan fingerprint density at radius 3 is 2.96 bits per heavy atom. The number of thioether (sulfide) groups is 1. The first-order valence-electron chi connectivity index (χ1n) is 8.40. The molecule has 0 spiro atoms. The number of hydrogen-bond acceptors (Lipinski definition) is 4. The van der Waals surface area contributed by atoms with Crippen molar-refractivity contribution in [3.63, 3.8) is 0 Å². The van der Waals surface area contributed by atoms with Gasteiger partial charge in [0.05, 0.1) is 12.7 Å². The lowest BCUT2D eigenvalue weighted by molar-refractivity contribution is 0.0168. The van der Waals surface area contributed by atoms with E-state index in [1.165, 1.54) is 6.42 Å². The summed E-state index contributed by atoms with van der Waals surface area (Å²) in [4.78, 5) is 6.78. The second kappa shape index (κ2) is 11.0. The van der Waals surface area contributed by atoms with Gasteiger partial charge in [-0.1, -0.05) is 0 Å². The van der Waals surface area contributed by atoms with Crippen LogP contribution in [0.4, 0.5) is 0 Å². The molecule has 5 nitrogen and oxygen atoms in total. The average Bonchev–Trinajstić information content (AvgIpc) is 2.98. The predicted molar refractivity (Wildman–Crippen MR) is 109 cm³/mol. The van der Waals surface area contributed by atoms with E-state index in [0.717, 1.165) is 64.0 Å². The summed E-state index contributed by atoms with van der Waals surface area (Å²) in [6.45, 7) is 10.1. The zero-order valence-corrected chi connectivity index (χ0v) is 17.8. The zero-order chi connectivity index (χ0) is 15.8. The SMILES string of the molecule is CN=C(NCCCOCC1CCCO1)N1CCSC(C)(C)C1.I. The molecule has 0 amide bonds. The number of hydrogen-bond donors (Lipinski definition) is 1. The van der Waals surface area contributed by atoms with Gasteiger partial charge < -0.3 is 19.7 Å². The van der Waals surface area contributed by atoms with Gasteiger partial charge in [-0.3, -0.25) is 4.99 Å². The van der Waals surface area contributed by atoms with E-state index in [0.29, 0.717) is 10.9 Å². The average molecular weight is 457 g/mol. The van der Waals surface area contributed by atoms with Crippen LogP contribution in [0.3, 0.4) is 0 Å². The third-order valence-electron chi connectivity index (χ3n) is 4.01. The van der Waals surface area contributed by atoms with Crippen LogP contribution >= 0.6 is 35.7 Å². The molecular weight excluding hydrogens is 425 g/mol. The number of ether oxygens (including phenoxy) is 2. The molecule has 0 radical (unpaired) electrons. The molecule has 0 aromatic rings. The molecule has 2 aliphatic heterocycles.